The number of halogens is 2. The lowest BCUT2D eigenvalue weighted by atomic mass is 10.1. The van der Waals surface area contributed by atoms with E-state index in [0.29, 0.717) is 0 Å². The summed E-state index contributed by atoms with van der Waals surface area (Å²) in [5, 5.41) is 5.01. The summed E-state index contributed by atoms with van der Waals surface area (Å²) in [5.41, 5.74) is 1.53. The van der Waals surface area contributed by atoms with Crippen molar-refractivity contribution in [2.24, 2.45) is 0 Å². The molecule has 0 fully saturated rings. The lowest BCUT2D eigenvalue weighted by molar-refractivity contribution is -0.115. The van der Waals surface area contributed by atoms with Gasteiger partial charge in [-0.3, -0.25) is 4.79 Å². The highest BCUT2D eigenvalue weighted by Crippen LogP contribution is 2.26. The second kappa shape index (κ2) is 6.28. The Bertz CT molecular complexity index is 830. The van der Waals surface area contributed by atoms with Crippen molar-refractivity contribution in [1.82, 2.24) is 0 Å². The molecule has 0 heterocycles. The standard InChI is InChI=1S/C18H13BrFNO/c19-17-3-1-2-13-11-15(8-9-16(13)17)21-18(22)10-12-4-6-14(20)7-5-12/h1-9,11H,10H2,(H,21,22). The van der Waals surface area contributed by atoms with Gasteiger partial charge in [-0.05, 0) is 46.7 Å². The first-order valence-electron chi connectivity index (χ1n) is 6.84. The third-order valence-electron chi connectivity index (χ3n) is 3.39. The number of nitrogens with one attached hydrogen (secondary N) is 1. The van der Waals surface area contributed by atoms with Crippen LogP contribution in [-0.2, 0) is 11.2 Å². The molecule has 1 amide bonds. The molecule has 3 aromatic rings. The maximum absolute atomic E-state index is 12.8. The molecule has 0 unspecified atom stereocenters. The average Bonchev–Trinajstić information content (AvgIpc) is 2.50. The molecular weight excluding hydrogens is 345 g/mol. The number of hydrogen-bond acceptors (Lipinski definition) is 1. The Balaban J connectivity index is 1.75. The van der Waals surface area contributed by atoms with E-state index in [9.17, 15) is 9.18 Å². The van der Waals surface area contributed by atoms with E-state index >= 15 is 0 Å². The zero-order valence-corrected chi connectivity index (χ0v) is 13.2. The van der Waals surface area contributed by atoms with Crippen LogP contribution >= 0.6 is 15.9 Å². The predicted octanol–water partition coefficient (Wildman–Crippen LogP) is 4.92. The second-order valence-corrected chi connectivity index (χ2v) is 5.88. The molecule has 3 rings (SSSR count). The lowest BCUT2D eigenvalue weighted by Gasteiger charge is -2.07. The van der Waals surface area contributed by atoms with Crippen LogP contribution in [0.3, 0.4) is 0 Å². The summed E-state index contributed by atoms with van der Waals surface area (Å²) in [6.45, 7) is 0. The first kappa shape index (κ1) is 14.7. The Morgan fingerprint density at radius 1 is 1.05 bits per heavy atom. The fourth-order valence-electron chi connectivity index (χ4n) is 2.31. The number of benzene rings is 3. The van der Waals surface area contributed by atoms with E-state index in [-0.39, 0.29) is 18.1 Å². The summed E-state index contributed by atoms with van der Waals surface area (Å²) < 4.78 is 13.9. The maximum atomic E-state index is 12.8. The summed E-state index contributed by atoms with van der Waals surface area (Å²) in [7, 11) is 0. The second-order valence-electron chi connectivity index (χ2n) is 5.03. The van der Waals surface area contributed by atoms with Crippen molar-refractivity contribution in [3.63, 3.8) is 0 Å². The van der Waals surface area contributed by atoms with Crippen LogP contribution in [0.5, 0.6) is 0 Å². The SMILES string of the molecule is O=C(Cc1ccc(F)cc1)Nc1ccc2c(Br)cccc2c1. The van der Waals surface area contributed by atoms with Crippen LogP contribution in [0.1, 0.15) is 5.56 Å². The molecule has 1 N–H and O–H groups in total. The number of fused-ring (bicyclic) bond motifs is 1. The molecule has 4 heteroatoms. The van der Waals surface area contributed by atoms with E-state index in [0.717, 1.165) is 26.5 Å². The highest BCUT2D eigenvalue weighted by molar-refractivity contribution is 9.10. The van der Waals surface area contributed by atoms with Crippen LogP contribution in [0, 0.1) is 5.82 Å². The van der Waals surface area contributed by atoms with Gasteiger partial charge in [0.1, 0.15) is 5.82 Å². The Morgan fingerprint density at radius 2 is 1.82 bits per heavy atom. The van der Waals surface area contributed by atoms with Gasteiger partial charge in [-0.25, -0.2) is 4.39 Å². The normalized spacial score (nSPS) is 10.6. The quantitative estimate of drug-likeness (QED) is 0.707. The number of amides is 1. The van der Waals surface area contributed by atoms with Crippen molar-refractivity contribution in [2.75, 3.05) is 5.32 Å². The van der Waals surface area contributed by atoms with Crippen molar-refractivity contribution >= 4 is 38.3 Å². The van der Waals surface area contributed by atoms with Gasteiger partial charge in [-0.2, -0.15) is 0 Å². The van der Waals surface area contributed by atoms with E-state index in [1.807, 2.05) is 36.4 Å². The van der Waals surface area contributed by atoms with Crippen molar-refractivity contribution in [3.05, 3.63) is 76.5 Å². The number of carbonyl (C=O) groups is 1. The van der Waals surface area contributed by atoms with Crippen LogP contribution in [0.25, 0.3) is 10.8 Å². The van der Waals surface area contributed by atoms with Crippen LogP contribution in [0.2, 0.25) is 0 Å². The molecule has 22 heavy (non-hydrogen) atoms. The van der Waals surface area contributed by atoms with Crippen molar-refractivity contribution < 1.29 is 9.18 Å². The van der Waals surface area contributed by atoms with Crippen LogP contribution in [0.15, 0.2) is 65.1 Å². The summed E-state index contributed by atoms with van der Waals surface area (Å²) >= 11 is 3.50. The first-order valence-corrected chi connectivity index (χ1v) is 7.64. The van der Waals surface area contributed by atoms with E-state index < -0.39 is 0 Å². The molecule has 0 spiro atoms. The van der Waals surface area contributed by atoms with Crippen molar-refractivity contribution in [1.29, 1.82) is 0 Å². The van der Waals surface area contributed by atoms with Gasteiger partial charge in [0.25, 0.3) is 0 Å². The molecule has 0 aliphatic heterocycles. The molecule has 0 aliphatic carbocycles. The molecule has 0 atom stereocenters. The molecule has 3 aromatic carbocycles. The van der Waals surface area contributed by atoms with Gasteiger partial charge in [0.15, 0.2) is 0 Å². The number of hydrogen-bond donors (Lipinski definition) is 1. The Morgan fingerprint density at radius 3 is 2.59 bits per heavy atom. The monoisotopic (exact) mass is 357 g/mol. The van der Waals surface area contributed by atoms with Gasteiger partial charge in [-0.15, -0.1) is 0 Å². The van der Waals surface area contributed by atoms with Crippen LogP contribution in [-0.4, -0.2) is 5.91 Å². The molecule has 2 nitrogen and oxygen atoms in total. The van der Waals surface area contributed by atoms with E-state index in [4.69, 9.17) is 0 Å². The molecule has 0 aromatic heterocycles. The maximum Gasteiger partial charge on any atom is 0.228 e. The van der Waals surface area contributed by atoms with Gasteiger partial charge < -0.3 is 5.32 Å². The van der Waals surface area contributed by atoms with Gasteiger partial charge in [0.2, 0.25) is 5.91 Å². The third kappa shape index (κ3) is 3.34. The predicted molar refractivity (Wildman–Crippen MR) is 90.4 cm³/mol. The molecule has 0 radical (unpaired) electrons. The van der Waals surface area contributed by atoms with Gasteiger partial charge in [0, 0.05) is 10.2 Å². The fraction of sp³-hybridized carbons (Fsp3) is 0.0556. The van der Waals surface area contributed by atoms with E-state index in [1.165, 1.54) is 12.1 Å². The Hall–Kier alpha value is -2.20. The largest absolute Gasteiger partial charge is 0.326 e. The molecule has 0 bridgehead atoms. The summed E-state index contributed by atoms with van der Waals surface area (Å²) in [6.07, 6.45) is 0.219. The highest BCUT2D eigenvalue weighted by Gasteiger charge is 2.06. The third-order valence-corrected chi connectivity index (χ3v) is 4.08. The summed E-state index contributed by atoms with van der Waals surface area (Å²) in [4.78, 5) is 12.1. The molecule has 0 saturated carbocycles. The van der Waals surface area contributed by atoms with E-state index in [1.54, 1.807) is 12.1 Å². The molecule has 110 valence electrons. The molecule has 0 saturated heterocycles. The highest BCUT2D eigenvalue weighted by atomic mass is 79.9. The lowest BCUT2D eigenvalue weighted by Crippen LogP contribution is -2.14. The van der Waals surface area contributed by atoms with Crippen molar-refractivity contribution in [2.45, 2.75) is 6.42 Å². The van der Waals surface area contributed by atoms with Crippen LogP contribution in [0.4, 0.5) is 10.1 Å². The van der Waals surface area contributed by atoms with E-state index in [2.05, 4.69) is 21.2 Å². The van der Waals surface area contributed by atoms with Crippen LogP contribution < -0.4 is 5.32 Å². The minimum Gasteiger partial charge on any atom is -0.326 e. The van der Waals surface area contributed by atoms with Gasteiger partial charge >= 0.3 is 0 Å². The topological polar surface area (TPSA) is 29.1 Å². The minimum absolute atomic E-state index is 0.124. The smallest absolute Gasteiger partial charge is 0.228 e. The number of rotatable bonds is 3. The number of anilines is 1. The summed E-state index contributed by atoms with van der Waals surface area (Å²) in [6, 6.07) is 17.7. The number of carbonyl (C=O) groups excluding carboxylic acids is 1. The zero-order chi connectivity index (χ0) is 15.5. The van der Waals surface area contributed by atoms with Gasteiger partial charge in [0.05, 0.1) is 6.42 Å². The summed E-state index contributed by atoms with van der Waals surface area (Å²) in [5.74, 6) is -0.426. The molecular formula is C18H13BrFNO. The van der Waals surface area contributed by atoms with Gasteiger partial charge in [-0.1, -0.05) is 46.3 Å². The Labute approximate surface area is 136 Å². The van der Waals surface area contributed by atoms with Crippen molar-refractivity contribution in [3.8, 4) is 0 Å². The zero-order valence-electron chi connectivity index (χ0n) is 11.6. The Kier molecular flexibility index (Phi) is 4.20. The first-order chi connectivity index (χ1) is 10.6. The fourth-order valence-corrected chi connectivity index (χ4v) is 2.83. The minimum atomic E-state index is -0.302. The molecule has 0 aliphatic rings. The average molecular weight is 358 g/mol.